The Morgan fingerprint density at radius 3 is 2.04 bits per heavy atom. The van der Waals surface area contributed by atoms with Gasteiger partial charge in [-0.2, -0.15) is 0 Å². The molecule has 0 aromatic heterocycles. The van der Waals surface area contributed by atoms with Crippen molar-refractivity contribution in [2.75, 3.05) is 18.7 Å². The number of hydrogen-bond acceptors (Lipinski definition) is 2. The van der Waals surface area contributed by atoms with Crippen LogP contribution in [0.1, 0.15) is 97.3 Å². The van der Waals surface area contributed by atoms with Crippen molar-refractivity contribution in [1.82, 2.24) is 4.90 Å². The summed E-state index contributed by atoms with van der Waals surface area (Å²) in [5.41, 5.74) is 1.18. The third-order valence-electron chi connectivity index (χ3n) is 6.24. The Kier molecular flexibility index (Phi) is 11.2. The van der Waals surface area contributed by atoms with E-state index >= 15 is 0 Å². The monoisotopic (exact) mass is 358 g/mol. The van der Waals surface area contributed by atoms with E-state index in [-0.39, 0.29) is 0 Å². The van der Waals surface area contributed by atoms with Crippen LogP contribution in [0.5, 0.6) is 0 Å². The zero-order chi connectivity index (χ0) is 17.8. The van der Waals surface area contributed by atoms with Gasteiger partial charge in [-0.1, -0.05) is 82.5 Å². The van der Waals surface area contributed by atoms with E-state index in [2.05, 4.69) is 39.6 Å². The van der Waals surface area contributed by atoms with E-state index in [0.29, 0.717) is 5.21 Å². The first-order valence-corrected chi connectivity index (χ1v) is 12.2. The third kappa shape index (κ3) is 7.95. The Morgan fingerprint density at radius 2 is 1.48 bits per heavy atom. The summed E-state index contributed by atoms with van der Waals surface area (Å²) < 4.78 is 0. The average Bonchev–Trinajstić information content (AvgIpc) is 2.65. The molecule has 5 heteroatoms. The van der Waals surface area contributed by atoms with Crippen LogP contribution < -0.4 is 0 Å². The van der Waals surface area contributed by atoms with Crippen LogP contribution >= 0.6 is 11.6 Å². The van der Waals surface area contributed by atoms with Crippen LogP contribution in [0.25, 0.3) is 0 Å². The minimum atomic E-state index is 0.424. The lowest BCUT2D eigenvalue weighted by Gasteiger charge is -2.46. The Bertz CT molecular complexity index is 327. The Balaban J connectivity index is 1.75. The summed E-state index contributed by atoms with van der Waals surface area (Å²) in [5.74, 6) is 0. The molecular formula is C20H39B3NS. The number of nitrogens with zero attached hydrogens (tertiary/aromatic N) is 1. The van der Waals surface area contributed by atoms with Gasteiger partial charge >= 0.3 is 0 Å². The maximum absolute atomic E-state index is 2.86. The molecule has 139 valence electrons. The summed E-state index contributed by atoms with van der Waals surface area (Å²) in [6.07, 6.45) is 18.3. The number of rotatable bonds is 12. The van der Waals surface area contributed by atoms with Gasteiger partial charge in [0.25, 0.3) is 0 Å². The highest BCUT2D eigenvalue weighted by atomic mass is 32.2. The molecule has 0 aromatic carbocycles. The average molecular weight is 358 g/mol. The highest BCUT2D eigenvalue weighted by molar-refractivity contribution is 8.24. The zero-order valence-electron chi connectivity index (χ0n) is 17.0. The fourth-order valence-corrected chi connectivity index (χ4v) is 5.43. The van der Waals surface area contributed by atoms with Gasteiger partial charge in [0.05, 0.1) is 14.3 Å². The van der Waals surface area contributed by atoms with Crippen molar-refractivity contribution in [3.63, 3.8) is 0 Å². The molecule has 2 saturated heterocycles. The predicted octanol–water partition coefficient (Wildman–Crippen LogP) is 5.54. The van der Waals surface area contributed by atoms with E-state index in [1.165, 1.54) is 102 Å². The molecule has 2 aliphatic rings. The Labute approximate surface area is 164 Å². The van der Waals surface area contributed by atoms with Crippen LogP contribution in [0, 0.1) is 0 Å². The summed E-state index contributed by atoms with van der Waals surface area (Å²) in [6.45, 7) is 9.81. The standard InChI is InChI=1S/C20H39B3NS/c1-3-5-7-9-11-13-19(12-10-8-6-4-2)24-16-14-20(15-17-24)22-21-18-25-23-20/h19H,3-18H2,1-2H3. The molecular weight excluding hydrogens is 319 g/mol. The molecule has 0 saturated carbocycles. The molecule has 2 fully saturated rings. The molecule has 0 aromatic rings. The molecule has 1 unspecified atom stereocenters. The second-order valence-electron chi connectivity index (χ2n) is 8.33. The second kappa shape index (κ2) is 12.8. The van der Waals surface area contributed by atoms with Crippen molar-refractivity contribution >= 4 is 32.5 Å². The molecule has 2 heterocycles. The van der Waals surface area contributed by atoms with Gasteiger partial charge in [0.15, 0.2) is 6.56 Å². The molecule has 0 aliphatic carbocycles. The highest BCUT2D eigenvalue weighted by Crippen LogP contribution is 2.42. The largest absolute Gasteiger partial charge is 0.300 e. The fraction of sp³-hybridized carbons (Fsp3) is 1.00. The maximum atomic E-state index is 2.86. The molecule has 25 heavy (non-hydrogen) atoms. The summed E-state index contributed by atoms with van der Waals surface area (Å²) in [5, 5.41) is 0.424. The third-order valence-corrected chi connectivity index (χ3v) is 7.26. The molecule has 1 atom stereocenters. The van der Waals surface area contributed by atoms with E-state index in [4.69, 9.17) is 0 Å². The van der Waals surface area contributed by atoms with Crippen molar-refractivity contribution in [3.8, 4) is 0 Å². The molecule has 0 amide bonds. The van der Waals surface area contributed by atoms with Gasteiger partial charge in [-0.3, -0.25) is 0 Å². The number of piperidine rings is 1. The van der Waals surface area contributed by atoms with E-state index in [9.17, 15) is 0 Å². The lowest BCUT2D eigenvalue weighted by atomic mass is 9.22. The van der Waals surface area contributed by atoms with Crippen LogP contribution in [0.4, 0.5) is 0 Å². The first-order chi connectivity index (χ1) is 12.3. The minimum absolute atomic E-state index is 0.424. The predicted molar refractivity (Wildman–Crippen MR) is 119 cm³/mol. The SMILES string of the molecule is CCCCCCCC(CCCCCC)N1CCC2([B][B]CS[B]2)CC1. The van der Waals surface area contributed by atoms with Gasteiger partial charge in [-0.05, 0) is 38.8 Å². The fourth-order valence-electron chi connectivity index (χ4n) is 4.48. The van der Waals surface area contributed by atoms with Gasteiger partial charge in [-0.25, -0.2) is 11.6 Å². The smallest absolute Gasteiger partial charge is 0.188 e. The van der Waals surface area contributed by atoms with Crippen LogP contribution in [-0.4, -0.2) is 50.6 Å². The normalized spacial score (nSPS) is 21.4. The van der Waals surface area contributed by atoms with Crippen molar-refractivity contribution in [3.05, 3.63) is 0 Å². The summed E-state index contributed by atoms with van der Waals surface area (Å²) in [4.78, 5) is 2.86. The van der Waals surface area contributed by atoms with E-state index in [1.807, 2.05) is 11.6 Å². The molecule has 1 spiro atoms. The van der Waals surface area contributed by atoms with Crippen LogP contribution in [0.3, 0.4) is 0 Å². The van der Waals surface area contributed by atoms with Gasteiger partial charge in [-0.15, -0.1) is 0 Å². The molecule has 0 N–H and O–H groups in total. The first kappa shape index (κ1) is 21.8. The van der Waals surface area contributed by atoms with Gasteiger partial charge in [0, 0.05) is 6.04 Å². The van der Waals surface area contributed by atoms with Crippen molar-refractivity contribution in [2.45, 2.75) is 109 Å². The van der Waals surface area contributed by atoms with E-state index in [0.717, 1.165) is 6.04 Å². The minimum Gasteiger partial charge on any atom is -0.300 e. The molecule has 0 bridgehead atoms. The highest BCUT2D eigenvalue weighted by Gasteiger charge is 2.38. The van der Waals surface area contributed by atoms with Crippen molar-refractivity contribution in [2.24, 2.45) is 0 Å². The maximum Gasteiger partial charge on any atom is 0.188 e. The topological polar surface area (TPSA) is 3.24 Å². The number of unbranched alkanes of at least 4 members (excludes halogenated alkanes) is 7. The summed E-state index contributed by atoms with van der Waals surface area (Å²) >= 11 is 2.02. The molecule has 3 radical (unpaired) electrons. The summed E-state index contributed by atoms with van der Waals surface area (Å²) in [7, 11) is 4.91. The number of hydrogen-bond donors (Lipinski definition) is 0. The lowest BCUT2D eigenvalue weighted by molar-refractivity contribution is 0.136. The zero-order valence-corrected chi connectivity index (χ0v) is 17.8. The second-order valence-corrected chi connectivity index (χ2v) is 9.23. The summed E-state index contributed by atoms with van der Waals surface area (Å²) in [6, 6.07) is 0.857. The van der Waals surface area contributed by atoms with Crippen molar-refractivity contribution in [1.29, 1.82) is 0 Å². The Hall–Kier alpha value is 0.505. The molecule has 2 rings (SSSR count). The van der Waals surface area contributed by atoms with E-state index in [1.54, 1.807) is 0 Å². The first-order valence-electron chi connectivity index (χ1n) is 11.2. The number of likely N-dealkylation sites (tertiary alicyclic amines) is 1. The van der Waals surface area contributed by atoms with Gasteiger partial charge < -0.3 is 4.90 Å². The van der Waals surface area contributed by atoms with Gasteiger partial charge in [0.2, 0.25) is 0 Å². The van der Waals surface area contributed by atoms with Crippen molar-refractivity contribution < 1.29 is 0 Å². The van der Waals surface area contributed by atoms with Crippen LogP contribution in [-0.2, 0) is 0 Å². The van der Waals surface area contributed by atoms with Crippen LogP contribution in [0.2, 0.25) is 5.21 Å². The van der Waals surface area contributed by atoms with E-state index < -0.39 is 0 Å². The molecule has 1 nitrogen and oxygen atoms in total. The molecule has 2 aliphatic heterocycles. The van der Waals surface area contributed by atoms with Gasteiger partial charge in [0.1, 0.15) is 0 Å². The van der Waals surface area contributed by atoms with Crippen LogP contribution in [0.15, 0.2) is 0 Å². The quantitative estimate of drug-likeness (QED) is 0.333. The Morgan fingerprint density at radius 1 is 0.880 bits per heavy atom. The lowest BCUT2D eigenvalue weighted by Crippen LogP contribution is -2.48.